The summed E-state index contributed by atoms with van der Waals surface area (Å²) in [4.78, 5) is 12.5. The average molecular weight is 392 g/mol. The van der Waals surface area contributed by atoms with Gasteiger partial charge in [-0.15, -0.1) is 10.2 Å². The highest BCUT2D eigenvalue weighted by atomic mass is 35.5. The third-order valence-corrected chi connectivity index (χ3v) is 5.36. The number of carbonyl (C=O) groups is 1. The molecule has 4 nitrogen and oxygen atoms in total. The normalized spacial score (nSPS) is 12.2. The third-order valence-electron chi connectivity index (χ3n) is 3.72. The molecule has 3 rings (SSSR count). The highest BCUT2D eigenvalue weighted by Crippen LogP contribution is 2.28. The van der Waals surface area contributed by atoms with E-state index in [-0.39, 0.29) is 11.0 Å². The summed E-state index contributed by atoms with van der Waals surface area (Å²) in [5.41, 5.74) is 1.55. The molecule has 25 heavy (non-hydrogen) atoms. The number of aromatic nitrogens is 3. The molecule has 0 N–H and O–H groups in total. The van der Waals surface area contributed by atoms with Crippen molar-refractivity contribution < 1.29 is 4.79 Å². The van der Waals surface area contributed by atoms with Crippen LogP contribution in [0.5, 0.6) is 0 Å². The summed E-state index contributed by atoms with van der Waals surface area (Å²) in [6.45, 7) is 1.86. The van der Waals surface area contributed by atoms with E-state index in [1.54, 1.807) is 24.3 Å². The largest absolute Gasteiger partial charge is 0.305 e. The van der Waals surface area contributed by atoms with Crippen LogP contribution in [0.15, 0.2) is 53.7 Å². The number of rotatable bonds is 5. The topological polar surface area (TPSA) is 47.8 Å². The van der Waals surface area contributed by atoms with Crippen molar-refractivity contribution in [3.63, 3.8) is 0 Å². The second kappa shape index (κ2) is 7.60. The lowest BCUT2D eigenvalue weighted by atomic mass is 10.1. The fourth-order valence-corrected chi connectivity index (χ4v) is 3.47. The van der Waals surface area contributed by atoms with Gasteiger partial charge in [0.05, 0.1) is 5.25 Å². The number of halogens is 2. The lowest BCUT2D eigenvalue weighted by Gasteiger charge is -2.10. The van der Waals surface area contributed by atoms with E-state index in [1.165, 1.54) is 11.8 Å². The van der Waals surface area contributed by atoms with E-state index < -0.39 is 0 Å². The fraction of sp³-hybridized carbons (Fsp3) is 0.167. The number of benzene rings is 2. The molecule has 0 unspecified atom stereocenters. The summed E-state index contributed by atoms with van der Waals surface area (Å²) in [6, 6.07) is 14.3. The fourth-order valence-electron chi connectivity index (χ4n) is 2.33. The Hall–Kier alpha value is -1.82. The molecule has 2 aromatic carbocycles. The first-order chi connectivity index (χ1) is 12.0. The number of nitrogens with zero attached hydrogens (tertiary/aromatic N) is 3. The molecule has 1 atom stereocenters. The number of carbonyl (C=O) groups excluding carboxylic acids is 1. The Kier molecular flexibility index (Phi) is 5.47. The van der Waals surface area contributed by atoms with Gasteiger partial charge in [0.25, 0.3) is 0 Å². The number of Topliss-reactive ketones (excluding diaryl/α,β-unsaturated/α-hetero) is 1. The second-order valence-corrected chi connectivity index (χ2v) is 7.68. The average Bonchev–Trinajstić information content (AvgIpc) is 2.96. The lowest BCUT2D eigenvalue weighted by molar-refractivity contribution is 0.0994. The standard InChI is InChI=1S/C18H15Cl2N3OS/c1-11(16(24)12-3-7-14(19)8-4-12)25-18-22-21-17(23(18)2)13-5-9-15(20)10-6-13/h3-11H,1-2H3/t11-/m1/s1. The number of ketones is 1. The van der Waals surface area contributed by atoms with Gasteiger partial charge in [-0.2, -0.15) is 0 Å². The van der Waals surface area contributed by atoms with Crippen LogP contribution in [0, 0.1) is 0 Å². The van der Waals surface area contributed by atoms with Gasteiger partial charge in [0.1, 0.15) is 0 Å². The minimum Gasteiger partial charge on any atom is -0.305 e. The summed E-state index contributed by atoms with van der Waals surface area (Å²) in [5.74, 6) is 0.753. The van der Waals surface area contributed by atoms with Crippen molar-refractivity contribution in [1.29, 1.82) is 0 Å². The smallest absolute Gasteiger partial charge is 0.191 e. The predicted molar refractivity (Wildman–Crippen MR) is 103 cm³/mol. The van der Waals surface area contributed by atoms with Gasteiger partial charge in [-0.3, -0.25) is 4.79 Å². The quantitative estimate of drug-likeness (QED) is 0.445. The van der Waals surface area contributed by atoms with Gasteiger partial charge < -0.3 is 4.57 Å². The summed E-state index contributed by atoms with van der Waals surface area (Å²) in [6.07, 6.45) is 0. The molecule has 0 aliphatic heterocycles. The van der Waals surface area contributed by atoms with E-state index in [2.05, 4.69) is 10.2 Å². The molecule has 0 saturated carbocycles. The zero-order valence-electron chi connectivity index (χ0n) is 13.6. The molecular formula is C18H15Cl2N3OS. The second-order valence-electron chi connectivity index (χ2n) is 5.50. The van der Waals surface area contributed by atoms with Crippen molar-refractivity contribution in [1.82, 2.24) is 14.8 Å². The van der Waals surface area contributed by atoms with E-state index in [0.29, 0.717) is 20.8 Å². The predicted octanol–water partition coefficient (Wildman–Crippen LogP) is 5.15. The molecule has 1 aromatic heterocycles. The number of hydrogen-bond acceptors (Lipinski definition) is 4. The first kappa shape index (κ1) is 18.0. The molecule has 0 spiro atoms. The summed E-state index contributed by atoms with van der Waals surface area (Å²) < 4.78 is 1.87. The monoisotopic (exact) mass is 391 g/mol. The van der Waals surface area contributed by atoms with Crippen molar-refractivity contribution >= 4 is 40.7 Å². The Balaban J connectivity index is 1.78. The summed E-state index contributed by atoms with van der Waals surface area (Å²) in [5, 5.41) is 10.1. The highest BCUT2D eigenvalue weighted by molar-refractivity contribution is 8.00. The molecule has 3 aromatic rings. The van der Waals surface area contributed by atoms with Gasteiger partial charge >= 0.3 is 0 Å². The number of thioether (sulfide) groups is 1. The van der Waals surface area contributed by atoms with Crippen LogP contribution < -0.4 is 0 Å². The lowest BCUT2D eigenvalue weighted by Crippen LogP contribution is -2.14. The summed E-state index contributed by atoms with van der Waals surface area (Å²) in [7, 11) is 1.88. The molecule has 0 saturated heterocycles. The van der Waals surface area contributed by atoms with Crippen molar-refractivity contribution in [3.8, 4) is 11.4 Å². The van der Waals surface area contributed by atoms with Crippen LogP contribution in [-0.4, -0.2) is 25.8 Å². The van der Waals surface area contributed by atoms with Crippen molar-refractivity contribution in [2.45, 2.75) is 17.3 Å². The van der Waals surface area contributed by atoms with E-state index in [0.717, 1.165) is 11.4 Å². The van der Waals surface area contributed by atoms with Gasteiger partial charge in [-0.05, 0) is 55.5 Å². The van der Waals surface area contributed by atoms with Gasteiger partial charge in [-0.1, -0.05) is 35.0 Å². The van der Waals surface area contributed by atoms with E-state index in [9.17, 15) is 4.79 Å². The van der Waals surface area contributed by atoms with Crippen molar-refractivity contribution in [3.05, 3.63) is 64.1 Å². The van der Waals surface area contributed by atoms with Crippen LogP contribution in [0.4, 0.5) is 0 Å². The van der Waals surface area contributed by atoms with Crippen LogP contribution in [0.2, 0.25) is 10.0 Å². The SMILES string of the molecule is C[C@@H](Sc1nnc(-c2ccc(Cl)cc2)n1C)C(=O)c1ccc(Cl)cc1. The highest BCUT2D eigenvalue weighted by Gasteiger charge is 2.20. The van der Waals surface area contributed by atoms with Gasteiger partial charge in [0.2, 0.25) is 0 Å². The zero-order chi connectivity index (χ0) is 18.0. The Morgan fingerprint density at radius 1 is 1.00 bits per heavy atom. The van der Waals surface area contributed by atoms with E-state index in [1.807, 2.05) is 42.8 Å². The molecule has 0 bridgehead atoms. The van der Waals surface area contributed by atoms with Gasteiger partial charge in [0.15, 0.2) is 16.8 Å². The molecule has 0 radical (unpaired) electrons. The van der Waals surface area contributed by atoms with Crippen LogP contribution >= 0.6 is 35.0 Å². The molecule has 0 aliphatic carbocycles. The van der Waals surface area contributed by atoms with Crippen molar-refractivity contribution in [2.75, 3.05) is 0 Å². The van der Waals surface area contributed by atoms with E-state index >= 15 is 0 Å². The van der Waals surface area contributed by atoms with Crippen LogP contribution in [-0.2, 0) is 7.05 Å². The first-order valence-electron chi connectivity index (χ1n) is 7.57. The van der Waals surface area contributed by atoms with Crippen molar-refractivity contribution in [2.24, 2.45) is 7.05 Å². The molecule has 0 fully saturated rings. The maximum atomic E-state index is 12.5. The number of hydrogen-bond donors (Lipinski definition) is 0. The van der Waals surface area contributed by atoms with Crippen LogP contribution in [0.1, 0.15) is 17.3 Å². The molecule has 0 aliphatic rings. The van der Waals surface area contributed by atoms with E-state index in [4.69, 9.17) is 23.2 Å². The Morgan fingerprint density at radius 3 is 2.16 bits per heavy atom. The maximum absolute atomic E-state index is 12.5. The Morgan fingerprint density at radius 2 is 1.56 bits per heavy atom. The Bertz CT molecular complexity index is 892. The van der Waals surface area contributed by atoms with Crippen LogP contribution in [0.3, 0.4) is 0 Å². The molecular weight excluding hydrogens is 377 g/mol. The van der Waals surface area contributed by atoms with Gasteiger partial charge in [0, 0.05) is 28.2 Å². The molecule has 128 valence electrons. The molecule has 7 heteroatoms. The Labute approximate surface area is 160 Å². The third kappa shape index (κ3) is 4.06. The first-order valence-corrected chi connectivity index (χ1v) is 9.21. The summed E-state index contributed by atoms with van der Waals surface area (Å²) >= 11 is 13.2. The molecule has 1 heterocycles. The minimum atomic E-state index is -0.290. The minimum absolute atomic E-state index is 0.0257. The molecule has 0 amide bonds. The zero-order valence-corrected chi connectivity index (χ0v) is 15.9. The van der Waals surface area contributed by atoms with Crippen LogP contribution in [0.25, 0.3) is 11.4 Å². The maximum Gasteiger partial charge on any atom is 0.191 e. The van der Waals surface area contributed by atoms with Gasteiger partial charge in [-0.25, -0.2) is 0 Å².